The lowest BCUT2D eigenvalue weighted by atomic mass is 9.60. The van der Waals surface area contributed by atoms with Crippen molar-refractivity contribution in [3.05, 3.63) is 35.4 Å². The molecule has 5 aliphatic rings. The molecule has 0 bridgehead atoms. The smallest absolute Gasteiger partial charge is 0.296 e. The van der Waals surface area contributed by atoms with Gasteiger partial charge in [0, 0.05) is 25.9 Å². The Morgan fingerprint density at radius 2 is 1.60 bits per heavy atom. The molecule has 160 valence electrons. The molecular weight excluding hydrogens is 376 g/mol. The molecule has 5 nitrogen and oxygen atoms in total. The van der Waals surface area contributed by atoms with E-state index >= 15 is 0 Å². The minimum atomic E-state index is -0.727. The van der Waals surface area contributed by atoms with E-state index in [2.05, 4.69) is 48.0 Å². The summed E-state index contributed by atoms with van der Waals surface area (Å²) in [5, 5.41) is 0. The molecule has 1 unspecified atom stereocenters. The zero-order valence-corrected chi connectivity index (χ0v) is 18.2. The molecule has 6 rings (SSSR count). The van der Waals surface area contributed by atoms with Crippen molar-refractivity contribution in [2.75, 3.05) is 13.1 Å². The van der Waals surface area contributed by atoms with Crippen molar-refractivity contribution in [3.63, 3.8) is 0 Å². The summed E-state index contributed by atoms with van der Waals surface area (Å²) >= 11 is 0. The largest absolute Gasteiger partial charge is 0.448 e. The number of benzene rings is 1. The average Bonchev–Trinajstić information content (AvgIpc) is 3.32. The molecule has 2 spiro atoms. The molecule has 1 saturated heterocycles. The molecule has 30 heavy (non-hydrogen) atoms. The molecule has 0 radical (unpaired) electrons. The Labute approximate surface area is 178 Å². The first-order valence-electron chi connectivity index (χ1n) is 11.7. The predicted octanol–water partition coefficient (Wildman–Crippen LogP) is 4.54. The average molecular weight is 409 g/mol. The monoisotopic (exact) mass is 408 g/mol. The van der Waals surface area contributed by atoms with E-state index < -0.39 is 5.60 Å². The van der Waals surface area contributed by atoms with E-state index in [1.54, 1.807) is 0 Å². The van der Waals surface area contributed by atoms with Crippen LogP contribution in [0.25, 0.3) is 0 Å². The van der Waals surface area contributed by atoms with Gasteiger partial charge in [0.1, 0.15) is 0 Å². The number of carbonyl (C=O) groups excluding carboxylic acids is 1. The fourth-order valence-electron chi connectivity index (χ4n) is 7.21. The van der Waals surface area contributed by atoms with Crippen molar-refractivity contribution in [1.82, 2.24) is 4.90 Å². The molecule has 1 aromatic rings. The van der Waals surface area contributed by atoms with Crippen LogP contribution in [0.3, 0.4) is 0 Å². The Kier molecular flexibility index (Phi) is 3.83. The number of fused-ring (bicyclic) bond motifs is 3. The number of ether oxygens (including phenoxy) is 2. The van der Waals surface area contributed by atoms with Crippen LogP contribution in [0.2, 0.25) is 0 Å². The highest BCUT2D eigenvalue weighted by Gasteiger charge is 2.65. The second-order valence-electron chi connectivity index (χ2n) is 10.9. The van der Waals surface area contributed by atoms with Gasteiger partial charge in [-0.05, 0) is 47.6 Å². The number of amidine groups is 1. The molecule has 2 saturated carbocycles. The maximum absolute atomic E-state index is 13.1. The van der Waals surface area contributed by atoms with Crippen LogP contribution in [0.1, 0.15) is 76.3 Å². The van der Waals surface area contributed by atoms with Gasteiger partial charge < -0.3 is 14.4 Å². The van der Waals surface area contributed by atoms with Gasteiger partial charge in [-0.15, -0.1) is 0 Å². The molecule has 3 heterocycles. The molecular formula is C25H32N2O3. The lowest BCUT2D eigenvalue weighted by Crippen LogP contribution is -2.46. The number of hydrogen-bond acceptors (Lipinski definition) is 4. The van der Waals surface area contributed by atoms with E-state index in [4.69, 9.17) is 9.47 Å². The van der Waals surface area contributed by atoms with Crippen LogP contribution in [-0.2, 0) is 26.5 Å². The number of aliphatic imine (C=N–C) groups is 1. The Balaban J connectivity index is 1.19. The third-order valence-corrected chi connectivity index (χ3v) is 9.24. The minimum Gasteiger partial charge on any atom is -0.448 e. The van der Waals surface area contributed by atoms with Gasteiger partial charge in [0.25, 0.3) is 11.9 Å². The van der Waals surface area contributed by atoms with E-state index in [-0.39, 0.29) is 22.3 Å². The second-order valence-corrected chi connectivity index (χ2v) is 10.9. The van der Waals surface area contributed by atoms with Crippen molar-refractivity contribution >= 4 is 11.9 Å². The van der Waals surface area contributed by atoms with Crippen LogP contribution >= 0.6 is 0 Å². The highest BCUT2D eigenvalue weighted by molar-refractivity contribution is 6.01. The number of likely N-dealkylation sites (tertiary alicyclic amines) is 1. The Morgan fingerprint density at radius 1 is 0.933 bits per heavy atom. The Bertz CT molecular complexity index is 912. The van der Waals surface area contributed by atoms with Crippen LogP contribution in [0.15, 0.2) is 29.3 Å². The first-order chi connectivity index (χ1) is 14.4. The zero-order chi connectivity index (χ0) is 20.6. The molecule has 1 aromatic carbocycles. The molecule has 3 fully saturated rings. The van der Waals surface area contributed by atoms with Crippen LogP contribution in [0, 0.1) is 10.8 Å². The summed E-state index contributed by atoms with van der Waals surface area (Å²) in [4.78, 5) is 19.8. The van der Waals surface area contributed by atoms with Gasteiger partial charge in [0.15, 0.2) is 5.60 Å². The molecule has 1 amide bonds. The molecule has 5 heteroatoms. The van der Waals surface area contributed by atoms with E-state index in [0.29, 0.717) is 12.6 Å². The molecule has 2 aliphatic carbocycles. The van der Waals surface area contributed by atoms with Crippen LogP contribution in [-0.4, -0.2) is 35.5 Å². The topological polar surface area (TPSA) is 51.1 Å². The van der Waals surface area contributed by atoms with Gasteiger partial charge >= 0.3 is 0 Å². The zero-order valence-electron chi connectivity index (χ0n) is 18.2. The van der Waals surface area contributed by atoms with Crippen molar-refractivity contribution in [2.24, 2.45) is 15.8 Å². The normalized spacial score (nSPS) is 39.2. The van der Waals surface area contributed by atoms with Gasteiger partial charge in [-0.2, -0.15) is 4.99 Å². The lowest BCUT2D eigenvalue weighted by molar-refractivity contribution is -0.131. The van der Waals surface area contributed by atoms with E-state index in [9.17, 15) is 4.79 Å². The van der Waals surface area contributed by atoms with E-state index in [1.165, 1.54) is 36.8 Å². The van der Waals surface area contributed by atoms with Gasteiger partial charge in [0.05, 0.1) is 12.2 Å². The Hall–Kier alpha value is -1.88. The summed E-state index contributed by atoms with van der Waals surface area (Å²) < 4.78 is 12.8. The summed E-state index contributed by atoms with van der Waals surface area (Å²) in [5.41, 5.74) is 2.10. The summed E-state index contributed by atoms with van der Waals surface area (Å²) in [5.74, 6) is -0.0444. The minimum absolute atomic E-state index is 0.0444. The number of nitrogens with zero attached hydrogens (tertiary/aromatic N) is 2. The summed E-state index contributed by atoms with van der Waals surface area (Å²) in [7, 11) is 0. The summed E-state index contributed by atoms with van der Waals surface area (Å²) in [6, 6.07) is 9.13. The summed E-state index contributed by atoms with van der Waals surface area (Å²) in [6.07, 6.45) is 8.36. The SMILES string of the molecule is C[C@@]12CCCC[C@]1(C)CC1(C2)OC(N2CCC3(CC2)OCc2ccccc23)=NC1=O. The Morgan fingerprint density at radius 3 is 2.30 bits per heavy atom. The van der Waals surface area contributed by atoms with E-state index in [0.717, 1.165) is 38.8 Å². The third-order valence-electron chi connectivity index (χ3n) is 9.24. The van der Waals surface area contributed by atoms with Crippen molar-refractivity contribution in [1.29, 1.82) is 0 Å². The molecule has 3 atom stereocenters. The van der Waals surface area contributed by atoms with E-state index in [1.807, 2.05) is 0 Å². The van der Waals surface area contributed by atoms with Gasteiger partial charge in [-0.25, -0.2) is 0 Å². The van der Waals surface area contributed by atoms with Crippen LogP contribution in [0.4, 0.5) is 0 Å². The van der Waals surface area contributed by atoms with Crippen molar-refractivity contribution in [3.8, 4) is 0 Å². The fourth-order valence-corrected chi connectivity index (χ4v) is 7.21. The van der Waals surface area contributed by atoms with Gasteiger partial charge in [-0.1, -0.05) is 51.0 Å². The third kappa shape index (κ3) is 2.44. The van der Waals surface area contributed by atoms with Crippen molar-refractivity contribution in [2.45, 2.75) is 83.0 Å². The first kappa shape index (κ1) is 18.9. The predicted molar refractivity (Wildman–Crippen MR) is 114 cm³/mol. The number of hydrogen-bond donors (Lipinski definition) is 0. The maximum Gasteiger partial charge on any atom is 0.296 e. The fraction of sp³-hybridized carbons (Fsp3) is 0.680. The first-order valence-corrected chi connectivity index (χ1v) is 11.7. The lowest BCUT2D eigenvalue weighted by Gasteiger charge is -2.44. The quantitative estimate of drug-likeness (QED) is 0.632. The molecule has 3 aliphatic heterocycles. The number of carbonyl (C=O) groups is 1. The van der Waals surface area contributed by atoms with Gasteiger partial charge in [0.2, 0.25) is 0 Å². The van der Waals surface area contributed by atoms with Gasteiger partial charge in [-0.3, -0.25) is 4.79 Å². The standard InChI is InChI=1S/C25H32N2O3/c1-22-9-5-6-10-23(22,2)17-25(16-22)20(28)26-21(30-25)27-13-11-24(12-14-27)19-8-4-3-7-18(19)15-29-24/h3-4,7-8H,5-6,9-17H2,1-2H3/t22-,23+,25?. The highest BCUT2D eigenvalue weighted by Crippen LogP contribution is 2.65. The maximum atomic E-state index is 13.1. The highest BCUT2D eigenvalue weighted by atomic mass is 16.5. The number of piperidine rings is 1. The molecule has 0 aromatic heterocycles. The van der Waals surface area contributed by atoms with Crippen molar-refractivity contribution < 1.29 is 14.3 Å². The van der Waals surface area contributed by atoms with Crippen LogP contribution < -0.4 is 0 Å². The number of rotatable bonds is 0. The molecule has 0 N–H and O–H groups in total. The number of amides is 1. The second kappa shape index (κ2) is 6.09. The van der Waals surface area contributed by atoms with Crippen LogP contribution in [0.5, 0.6) is 0 Å². The summed E-state index contributed by atoms with van der Waals surface area (Å²) in [6.45, 7) is 7.06.